The van der Waals surface area contributed by atoms with E-state index in [1.165, 1.54) is 11.1 Å². The van der Waals surface area contributed by atoms with Crippen LogP contribution in [0.4, 0.5) is 0 Å². The number of hydrogen-bond acceptors (Lipinski definition) is 1. The van der Waals surface area contributed by atoms with Gasteiger partial charge in [-0.05, 0) is 27.8 Å². The summed E-state index contributed by atoms with van der Waals surface area (Å²) in [5, 5.41) is 0. The van der Waals surface area contributed by atoms with Crippen molar-refractivity contribution >= 4 is 13.9 Å². The van der Waals surface area contributed by atoms with Crippen LogP contribution in [-0.4, -0.2) is 13.9 Å². The Morgan fingerprint density at radius 3 is 1.95 bits per heavy atom. The van der Waals surface area contributed by atoms with E-state index in [2.05, 4.69) is 65.8 Å². The van der Waals surface area contributed by atoms with Crippen molar-refractivity contribution in [1.29, 1.82) is 0 Å². The summed E-state index contributed by atoms with van der Waals surface area (Å²) in [7, 11) is -1.76. The van der Waals surface area contributed by atoms with Crippen molar-refractivity contribution in [2.45, 2.75) is 70.1 Å². The molecule has 0 heterocycles. The SMILES string of the molecule is CC(C)[Si](C(C)C)(C(C)C)C1C(=O)Cc2ccccc21. The van der Waals surface area contributed by atoms with Crippen molar-refractivity contribution in [3.63, 3.8) is 0 Å². The largest absolute Gasteiger partial charge is 0.299 e. The minimum atomic E-state index is -1.76. The molecule has 110 valence electrons. The molecule has 0 amide bonds. The van der Waals surface area contributed by atoms with Gasteiger partial charge in [-0.1, -0.05) is 65.8 Å². The lowest BCUT2D eigenvalue weighted by atomic mass is 10.1. The van der Waals surface area contributed by atoms with E-state index >= 15 is 0 Å². The van der Waals surface area contributed by atoms with Gasteiger partial charge in [-0.2, -0.15) is 0 Å². The lowest BCUT2D eigenvalue weighted by Gasteiger charge is -2.47. The molecule has 2 heteroatoms. The Kier molecular flexibility index (Phi) is 4.24. The number of benzene rings is 1. The van der Waals surface area contributed by atoms with Crippen LogP contribution in [0.5, 0.6) is 0 Å². The molecule has 1 aliphatic rings. The van der Waals surface area contributed by atoms with Gasteiger partial charge in [-0.25, -0.2) is 0 Å². The number of carbonyl (C=O) groups is 1. The van der Waals surface area contributed by atoms with E-state index in [0.29, 0.717) is 28.8 Å². The number of fused-ring (bicyclic) bond motifs is 1. The minimum absolute atomic E-state index is 0.207. The molecule has 0 spiro atoms. The van der Waals surface area contributed by atoms with Crippen LogP contribution < -0.4 is 0 Å². The third-order valence-corrected chi connectivity index (χ3v) is 13.2. The predicted molar refractivity (Wildman–Crippen MR) is 88.9 cm³/mol. The van der Waals surface area contributed by atoms with Gasteiger partial charge in [0.25, 0.3) is 0 Å². The topological polar surface area (TPSA) is 17.1 Å². The summed E-state index contributed by atoms with van der Waals surface area (Å²) in [5.41, 5.74) is 4.72. The van der Waals surface area contributed by atoms with E-state index in [9.17, 15) is 4.79 Å². The van der Waals surface area contributed by atoms with E-state index in [1.807, 2.05) is 0 Å². The molecule has 0 saturated carbocycles. The number of Topliss-reactive ketones (excluding diaryl/α,β-unsaturated/α-hetero) is 1. The third-order valence-electron chi connectivity index (χ3n) is 5.55. The fourth-order valence-corrected chi connectivity index (χ4v) is 12.5. The molecular formula is C18H28OSi. The Balaban J connectivity index is 2.63. The Labute approximate surface area is 124 Å². The number of carbonyl (C=O) groups excluding carboxylic acids is 1. The van der Waals surface area contributed by atoms with Gasteiger partial charge in [-0.3, -0.25) is 4.79 Å². The quantitative estimate of drug-likeness (QED) is 0.703. The standard InChI is InChI=1S/C18H28OSi/c1-12(2)20(13(3)4,14(5)6)18-16-10-8-7-9-15(16)11-17(18)19/h7-10,12-14,18H,11H2,1-6H3. The van der Waals surface area contributed by atoms with Gasteiger partial charge in [0.2, 0.25) is 0 Å². The van der Waals surface area contributed by atoms with E-state index in [0.717, 1.165) is 0 Å². The van der Waals surface area contributed by atoms with E-state index in [1.54, 1.807) is 0 Å². The Morgan fingerprint density at radius 1 is 0.950 bits per heavy atom. The first-order valence-corrected chi connectivity index (χ1v) is 10.2. The lowest BCUT2D eigenvalue weighted by Crippen LogP contribution is -2.52. The lowest BCUT2D eigenvalue weighted by molar-refractivity contribution is -0.117. The molecule has 1 unspecified atom stereocenters. The van der Waals surface area contributed by atoms with E-state index < -0.39 is 8.07 Å². The van der Waals surface area contributed by atoms with Crippen molar-refractivity contribution in [3.05, 3.63) is 35.4 Å². The number of rotatable bonds is 4. The zero-order chi connectivity index (χ0) is 15.1. The van der Waals surface area contributed by atoms with Crippen LogP contribution in [0.25, 0.3) is 0 Å². The smallest absolute Gasteiger partial charge is 0.142 e. The summed E-state index contributed by atoms with van der Waals surface area (Å²) < 4.78 is 0. The number of hydrogen-bond donors (Lipinski definition) is 0. The van der Waals surface area contributed by atoms with Crippen LogP contribution in [0.2, 0.25) is 16.6 Å². The molecule has 1 aromatic carbocycles. The van der Waals surface area contributed by atoms with Gasteiger partial charge in [0, 0.05) is 12.0 Å². The summed E-state index contributed by atoms with van der Waals surface area (Å²) in [6.07, 6.45) is 0.655. The molecule has 0 aromatic heterocycles. The highest BCUT2D eigenvalue weighted by Gasteiger charge is 2.54. The first-order chi connectivity index (χ1) is 9.33. The first-order valence-electron chi connectivity index (χ1n) is 7.93. The highest BCUT2D eigenvalue weighted by molar-refractivity contribution is 6.87. The van der Waals surface area contributed by atoms with E-state index in [4.69, 9.17) is 0 Å². The van der Waals surface area contributed by atoms with Gasteiger partial charge in [0.15, 0.2) is 0 Å². The van der Waals surface area contributed by atoms with Crippen molar-refractivity contribution in [2.75, 3.05) is 0 Å². The molecule has 1 atom stereocenters. The zero-order valence-corrected chi connectivity index (χ0v) is 14.7. The van der Waals surface area contributed by atoms with Crippen LogP contribution in [0.15, 0.2) is 24.3 Å². The zero-order valence-electron chi connectivity index (χ0n) is 13.7. The summed E-state index contributed by atoms with van der Waals surface area (Å²) in [5.74, 6) is 0.481. The third kappa shape index (κ3) is 2.09. The molecule has 1 aliphatic carbocycles. The second-order valence-corrected chi connectivity index (χ2v) is 13.3. The maximum atomic E-state index is 12.8. The molecule has 0 fully saturated rings. The Bertz CT molecular complexity index is 480. The summed E-state index contributed by atoms with van der Waals surface area (Å²) in [6, 6.07) is 8.52. The van der Waals surface area contributed by atoms with Crippen LogP contribution in [0.1, 0.15) is 58.2 Å². The van der Waals surface area contributed by atoms with Gasteiger partial charge in [0.1, 0.15) is 5.78 Å². The van der Waals surface area contributed by atoms with Crippen molar-refractivity contribution < 1.29 is 4.79 Å². The summed E-state index contributed by atoms with van der Waals surface area (Å²) in [6.45, 7) is 14.1. The maximum Gasteiger partial charge on any atom is 0.142 e. The van der Waals surface area contributed by atoms with Crippen molar-refractivity contribution in [2.24, 2.45) is 0 Å². The maximum absolute atomic E-state index is 12.8. The Morgan fingerprint density at radius 2 is 1.45 bits per heavy atom. The summed E-state index contributed by atoms with van der Waals surface area (Å²) >= 11 is 0. The van der Waals surface area contributed by atoms with Crippen LogP contribution in [0.3, 0.4) is 0 Å². The molecule has 2 rings (SSSR count). The van der Waals surface area contributed by atoms with Gasteiger partial charge < -0.3 is 0 Å². The Hall–Kier alpha value is -0.893. The molecule has 0 radical (unpaired) electrons. The molecule has 0 aliphatic heterocycles. The monoisotopic (exact) mass is 288 g/mol. The predicted octanol–water partition coefficient (Wildman–Crippen LogP) is 5.11. The number of ketones is 1. The normalized spacial score (nSPS) is 19.2. The van der Waals surface area contributed by atoms with E-state index in [-0.39, 0.29) is 5.54 Å². The van der Waals surface area contributed by atoms with Gasteiger partial charge in [0.05, 0.1) is 8.07 Å². The minimum Gasteiger partial charge on any atom is -0.299 e. The van der Waals surface area contributed by atoms with Crippen LogP contribution >= 0.6 is 0 Å². The molecule has 0 saturated heterocycles. The molecule has 20 heavy (non-hydrogen) atoms. The fraction of sp³-hybridized carbons (Fsp3) is 0.611. The average Bonchev–Trinajstić information content (AvgIpc) is 2.66. The molecular weight excluding hydrogens is 260 g/mol. The highest BCUT2D eigenvalue weighted by atomic mass is 28.3. The van der Waals surface area contributed by atoms with Crippen molar-refractivity contribution in [3.8, 4) is 0 Å². The second-order valence-electron chi connectivity index (χ2n) is 7.24. The molecule has 1 nitrogen and oxygen atoms in total. The van der Waals surface area contributed by atoms with Gasteiger partial charge >= 0.3 is 0 Å². The fourth-order valence-electron chi connectivity index (χ4n) is 4.99. The molecule has 0 bridgehead atoms. The molecule has 1 aromatic rings. The summed E-state index contributed by atoms with van der Waals surface area (Å²) in [4.78, 5) is 12.8. The van der Waals surface area contributed by atoms with Crippen LogP contribution in [0, 0.1) is 0 Å². The van der Waals surface area contributed by atoms with Crippen LogP contribution in [-0.2, 0) is 11.2 Å². The van der Waals surface area contributed by atoms with Gasteiger partial charge in [-0.15, -0.1) is 0 Å². The molecule has 0 N–H and O–H groups in total. The highest BCUT2D eigenvalue weighted by Crippen LogP contribution is 2.53. The average molecular weight is 289 g/mol. The first kappa shape index (κ1) is 15.5. The second kappa shape index (κ2) is 5.48. The van der Waals surface area contributed by atoms with Crippen molar-refractivity contribution in [1.82, 2.24) is 0 Å².